The Bertz CT molecular complexity index is 1540. The largest absolute Gasteiger partial charge is 0.462 e. The van der Waals surface area contributed by atoms with Crippen molar-refractivity contribution in [3.05, 3.63) is 93.9 Å². The number of hydrogen-bond donors (Lipinski definition) is 1. The summed E-state index contributed by atoms with van der Waals surface area (Å²) in [6, 6.07) is 0. The fraction of sp³-hybridized carbons (Fsp3) is 0.487. The van der Waals surface area contributed by atoms with Gasteiger partial charge in [0.05, 0.1) is 17.3 Å². The molecular weight excluding hydrogens is 564 g/mol. The minimum Gasteiger partial charge on any atom is -0.462 e. The highest BCUT2D eigenvalue weighted by molar-refractivity contribution is 5.94. The van der Waals surface area contributed by atoms with Crippen molar-refractivity contribution in [2.24, 2.45) is 10.8 Å². The van der Waals surface area contributed by atoms with Gasteiger partial charge in [0.15, 0.2) is 0 Å². The molecule has 4 rings (SSSR count). The van der Waals surface area contributed by atoms with Gasteiger partial charge in [-0.2, -0.15) is 0 Å². The Morgan fingerprint density at radius 1 is 1.00 bits per heavy atom. The Kier molecular flexibility index (Phi) is 10.2. The Morgan fingerprint density at radius 3 is 2.36 bits per heavy atom. The summed E-state index contributed by atoms with van der Waals surface area (Å²) >= 11 is 0. The number of aliphatic hydroxyl groups is 1. The molecule has 4 atom stereocenters. The molecule has 0 aromatic heterocycles. The molecule has 6 heteroatoms. The van der Waals surface area contributed by atoms with E-state index in [0.717, 1.165) is 35.1 Å². The molecule has 1 unspecified atom stereocenters. The van der Waals surface area contributed by atoms with Crippen molar-refractivity contribution >= 4 is 11.9 Å². The maximum absolute atomic E-state index is 12.7. The molecule has 2 aliphatic heterocycles. The van der Waals surface area contributed by atoms with Gasteiger partial charge in [0.2, 0.25) is 0 Å². The molecule has 1 saturated carbocycles. The molecule has 0 bridgehead atoms. The first-order valence-corrected chi connectivity index (χ1v) is 15.8. The van der Waals surface area contributed by atoms with E-state index < -0.39 is 23.8 Å². The topological polar surface area (TPSA) is 82.1 Å². The van der Waals surface area contributed by atoms with Crippen LogP contribution in [0.25, 0.3) is 0 Å². The van der Waals surface area contributed by atoms with Gasteiger partial charge in [-0.3, -0.25) is 4.79 Å². The average Bonchev–Trinajstić information content (AvgIpc) is 3.43. The van der Waals surface area contributed by atoms with Crippen LogP contribution in [0.3, 0.4) is 0 Å². The van der Waals surface area contributed by atoms with E-state index in [9.17, 15) is 14.7 Å². The highest BCUT2D eigenvalue weighted by Crippen LogP contribution is 2.52. The van der Waals surface area contributed by atoms with Crippen molar-refractivity contribution in [1.82, 2.24) is 0 Å². The fourth-order valence-corrected chi connectivity index (χ4v) is 7.23. The van der Waals surface area contributed by atoms with Gasteiger partial charge in [-0.05, 0) is 80.9 Å². The van der Waals surface area contributed by atoms with E-state index in [2.05, 4.69) is 46.5 Å². The molecule has 4 aliphatic rings. The molecule has 0 spiro atoms. The van der Waals surface area contributed by atoms with Gasteiger partial charge in [0.1, 0.15) is 18.0 Å². The van der Waals surface area contributed by atoms with E-state index in [-0.39, 0.29) is 22.9 Å². The molecule has 240 valence electrons. The predicted octanol–water partition coefficient (Wildman–Crippen LogP) is 7.69. The van der Waals surface area contributed by atoms with Crippen molar-refractivity contribution in [2.45, 2.75) is 112 Å². The smallest absolute Gasteiger partial charge is 0.342 e. The van der Waals surface area contributed by atoms with E-state index in [0.29, 0.717) is 24.2 Å². The quantitative estimate of drug-likeness (QED) is 0.143. The number of cyclic esters (lactones) is 1. The maximum atomic E-state index is 12.7. The zero-order valence-corrected chi connectivity index (χ0v) is 28.2. The van der Waals surface area contributed by atoms with Crippen molar-refractivity contribution < 1.29 is 28.9 Å². The molecule has 0 amide bonds. The predicted molar refractivity (Wildman–Crippen MR) is 177 cm³/mol. The van der Waals surface area contributed by atoms with Crippen LogP contribution >= 0.6 is 0 Å². The van der Waals surface area contributed by atoms with Crippen LogP contribution in [-0.2, 0) is 23.8 Å². The van der Waals surface area contributed by atoms with Crippen molar-refractivity contribution in [3.63, 3.8) is 0 Å². The summed E-state index contributed by atoms with van der Waals surface area (Å²) in [5.41, 5.74) is 4.86. The lowest BCUT2D eigenvalue weighted by Gasteiger charge is -2.44. The molecule has 0 aromatic rings. The van der Waals surface area contributed by atoms with Crippen LogP contribution < -0.4 is 0 Å². The Balaban J connectivity index is 1.35. The molecule has 1 N–H and O–H groups in total. The lowest BCUT2D eigenvalue weighted by molar-refractivity contribution is -0.147. The summed E-state index contributed by atoms with van der Waals surface area (Å²) in [4.78, 5) is 24.1. The second kappa shape index (κ2) is 13.4. The Morgan fingerprint density at radius 2 is 1.69 bits per heavy atom. The van der Waals surface area contributed by atoms with Gasteiger partial charge in [0, 0.05) is 30.8 Å². The summed E-state index contributed by atoms with van der Waals surface area (Å²) in [6.45, 7) is 18.0. The van der Waals surface area contributed by atoms with E-state index in [1.807, 2.05) is 69.4 Å². The van der Waals surface area contributed by atoms with Gasteiger partial charge in [-0.1, -0.05) is 81.6 Å². The molecule has 6 nitrogen and oxygen atoms in total. The third-order valence-corrected chi connectivity index (χ3v) is 8.93. The van der Waals surface area contributed by atoms with Crippen LogP contribution in [0, 0.1) is 22.7 Å². The summed E-state index contributed by atoms with van der Waals surface area (Å²) < 4.78 is 17.4. The van der Waals surface area contributed by atoms with Crippen molar-refractivity contribution in [3.8, 4) is 11.8 Å². The van der Waals surface area contributed by atoms with Crippen LogP contribution in [0.4, 0.5) is 0 Å². The number of fused-ring (bicyclic) bond motifs is 1. The monoisotopic (exact) mass is 612 g/mol. The molecule has 0 radical (unpaired) electrons. The lowest BCUT2D eigenvalue weighted by Crippen LogP contribution is -2.45. The van der Waals surface area contributed by atoms with Crippen LogP contribution in [0.2, 0.25) is 0 Å². The maximum Gasteiger partial charge on any atom is 0.342 e. The number of esters is 2. The van der Waals surface area contributed by atoms with E-state index >= 15 is 0 Å². The summed E-state index contributed by atoms with van der Waals surface area (Å²) in [5.74, 6) is 6.49. The molecule has 45 heavy (non-hydrogen) atoms. The molecule has 0 saturated heterocycles. The van der Waals surface area contributed by atoms with Gasteiger partial charge in [-0.15, -0.1) is 0 Å². The van der Waals surface area contributed by atoms with E-state index in [4.69, 9.17) is 14.2 Å². The molecule has 2 aliphatic carbocycles. The van der Waals surface area contributed by atoms with Crippen LogP contribution in [0.5, 0.6) is 0 Å². The van der Waals surface area contributed by atoms with E-state index in [1.54, 1.807) is 6.08 Å². The highest BCUT2D eigenvalue weighted by Gasteiger charge is 2.52. The number of carbonyl (C=O) groups is 2. The van der Waals surface area contributed by atoms with Gasteiger partial charge >= 0.3 is 11.9 Å². The molecule has 0 aromatic carbocycles. The number of hydrogen-bond acceptors (Lipinski definition) is 6. The molecule has 2 heterocycles. The van der Waals surface area contributed by atoms with Crippen LogP contribution in [-0.4, -0.2) is 41.0 Å². The lowest BCUT2D eigenvalue weighted by atomic mass is 9.65. The van der Waals surface area contributed by atoms with Crippen molar-refractivity contribution in [2.75, 3.05) is 0 Å². The second-order valence-corrected chi connectivity index (χ2v) is 14.3. The van der Waals surface area contributed by atoms with Crippen LogP contribution in [0.1, 0.15) is 88.0 Å². The number of aliphatic hydroxyl groups excluding tert-OH is 1. The second-order valence-electron chi connectivity index (χ2n) is 14.3. The molecular formula is C39H48O6. The number of allylic oxidation sites excluding steroid dienone is 11. The first-order valence-electron chi connectivity index (χ1n) is 15.8. The number of carbonyl (C=O) groups excluding carboxylic acids is 2. The minimum atomic E-state index is -0.589. The van der Waals surface area contributed by atoms with E-state index in [1.165, 1.54) is 12.5 Å². The SMILES string of the molecule is CC(=O)O[C@@H]1CC(C)=C(C#C/C(C)=C/C=C/C=C/C=C(C)/C=C2/C=C(C3C=C4C(C)(C)C[C@H](O)C[C@@]4(C)O3)C(=O)O2)C(C)(C)C1. The average molecular weight is 613 g/mol. The highest BCUT2D eigenvalue weighted by atomic mass is 16.6. The zero-order chi connectivity index (χ0) is 33.2. The summed E-state index contributed by atoms with van der Waals surface area (Å²) in [5, 5.41) is 10.4. The first kappa shape index (κ1) is 34.2. The number of rotatable bonds is 6. The van der Waals surface area contributed by atoms with Gasteiger partial charge in [-0.25, -0.2) is 4.79 Å². The minimum absolute atomic E-state index is 0.0905. The summed E-state index contributed by atoms with van der Waals surface area (Å²) in [7, 11) is 0. The Hall–Kier alpha value is -3.66. The standard InChI is InChI=1S/C39H48O6/c1-25(16-17-33-27(3)19-31(43-28(4)40)24-37(33,5)6)14-12-10-11-13-15-26(2)18-30-20-32(36(42)44-30)34-21-35-38(7,8)22-29(41)23-39(35,9)45-34/h10-15,18,20-21,29,31,34,41H,19,22-24H2,1-9H3/b12-10+,13-11+,25-14+,26-15+,30-18-/t29-,31+,34?,39+/m0/s1. The zero-order valence-electron chi connectivity index (χ0n) is 28.2. The summed E-state index contributed by atoms with van der Waals surface area (Å²) in [6.07, 6.45) is 19.0. The third-order valence-electron chi connectivity index (χ3n) is 8.93. The van der Waals surface area contributed by atoms with Crippen LogP contribution in [0.15, 0.2) is 93.9 Å². The fourth-order valence-electron chi connectivity index (χ4n) is 7.23. The van der Waals surface area contributed by atoms with Gasteiger partial charge in [0.25, 0.3) is 0 Å². The number of ether oxygens (including phenoxy) is 3. The third kappa shape index (κ3) is 8.34. The molecule has 1 fully saturated rings. The van der Waals surface area contributed by atoms with Gasteiger partial charge < -0.3 is 19.3 Å². The van der Waals surface area contributed by atoms with Crippen molar-refractivity contribution in [1.29, 1.82) is 0 Å². The normalized spacial score (nSPS) is 30.7. The Labute approximate surface area is 269 Å². The first-order chi connectivity index (χ1) is 21.0.